The Kier molecular flexibility index (Phi) is 5.05. The molecule has 2 fully saturated rings. The van der Waals surface area contributed by atoms with Crippen molar-refractivity contribution in [3.05, 3.63) is 35.4 Å². The predicted octanol–water partition coefficient (Wildman–Crippen LogP) is 3.13. The van der Waals surface area contributed by atoms with Gasteiger partial charge in [-0.1, -0.05) is 6.07 Å². The Bertz CT molecular complexity index is 595. The zero-order valence-electron chi connectivity index (χ0n) is 13.5. The summed E-state index contributed by atoms with van der Waals surface area (Å²) in [5, 5.41) is 12.4. The fourth-order valence-electron chi connectivity index (χ4n) is 4.03. The summed E-state index contributed by atoms with van der Waals surface area (Å²) in [7, 11) is 0. The van der Waals surface area contributed by atoms with E-state index < -0.39 is 48.0 Å². The Morgan fingerprint density at radius 2 is 1.80 bits per heavy atom. The number of halogens is 5. The van der Waals surface area contributed by atoms with E-state index in [1.165, 1.54) is 6.07 Å². The molecule has 2 heterocycles. The first-order valence-corrected chi connectivity index (χ1v) is 8.27. The Morgan fingerprint density at radius 1 is 1.20 bits per heavy atom. The van der Waals surface area contributed by atoms with Crippen LogP contribution < -0.4 is 5.32 Å². The molecule has 2 N–H and O–H groups in total. The quantitative estimate of drug-likeness (QED) is 0.809. The van der Waals surface area contributed by atoms with Gasteiger partial charge in [-0.3, -0.25) is 0 Å². The highest BCUT2D eigenvalue weighted by molar-refractivity contribution is 5.28. The van der Waals surface area contributed by atoms with E-state index in [2.05, 4.69) is 5.32 Å². The molecule has 2 unspecified atom stereocenters. The van der Waals surface area contributed by atoms with Crippen LogP contribution in [0, 0.1) is 17.6 Å². The number of alkyl halides is 3. The van der Waals surface area contributed by atoms with Gasteiger partial charge < -0.3 is 15.2 Å². The minimum atomic E-state index is -4.72. The van der Waals surface area contributed by atoms with Gasteiger partial charge in [0, 0.05) is 11.5 Å². The highest BCUT2D eigenvalue weighted by Crippen LogP contribution is 2.51. The molecule has 3 atom stereocenters. The molecular weight excluding hydrogens is 345 g/mol. The third-order valence-electron chi connectivity index (χ3n) is 5.27. The summed E-state index contributed by atoms with van der Waals surface area (Å²) in [4.78, 5) is 0. The van der Waals surface area contributed by atoms with Gasteiger partial charge >= 0.3 is 6.18 Å². The lowest BCUT2D eigenvalue weighted by molar-refractivity contribution is -0.224. The summed E-state index contributed by atoms with van der Waals surface area (Å²) in [6.07, 6.45) is -5.21. The maximum Gasteiger partial charge on any atom is 0.396 e. The lowest BCUT2D eigenvalue weighted by atomic mass is 9.79. The average molecular weight is 365 g/mol. The standard InChI is InChI=1S/C17H20F5NO2/c18-12-2-1-3-13(19)14(12)10-8-16(4-6-23-7-5-16)25-15(10)11(9-24)17(20,21)22/h1-3,10-11,15,23-24H,4-9H2/t10?,11?,15-/m1/s1. The number of aliphatic hydroxyl groups is 1. The number of rotatable bonds is 3. The molecule has 1 aromatic rings. The van der Waals surface area contributed by atoms with E-state index in [1.807, 2.05) is 0 Å². The first-order chi connectivity index (χ1) is 11.8. The maximum atomic E-state index is 14.2. The summed E-state index contributed by atoms with van der Waals surface area (Å²) in [6, 6.07) is 3.24. The predicted molar refractivity (Wildman–Crippen MR) is 80.1 cm³/mol. The van der Waals surface area contributed by atoms with Gasteiger partial charge in [0.1, 0.15) is 17.6 Å². The highest BCUT2D eigenvalue weighted by atomic mass is 19.4. The van der Waals surface area contributed by atoms with Crippen LogP contribution in [-0.4, -0.2) is 42.7 Å². The molecule has 2 aliphatic rings. The Balaban J connectivity index is 2.02. The smallest absolute Gasteiger partial charge is 0.396 e. The molecule has 0 aliphatic carbocycles. The van der Waals surface area contributed by atoms with Gasteiger partial charge in [0.05, 0.1) is 18.3 Å². The van der Waals surface area contributed by atoms with E-state index in [0.29, 0.717) is 25.9 Å². The van der Waals surface area contributed by atoms with E-state index in [-0.39, 0.29) is 12.0 Å². The van der Waals surface area contributed by atoms with Crippen LogP contribution in [0.4, 0.5) is 22.0 Å². The van der Waals surface area contributed by atoms with E-state index in [0.717, 1.165) is 12.1 Å². The normalized spacial score (nSPS) is 27.6. The molecule has 0 saturated carbocycles. The molecule has 8 heteroatoms. The van der Waals surface area contributed by atoms with E-state index in [4.69, 9.17) is 4.74 Å². The highest BCUT2D eigenvalue weighted by Gasteiger charge is 2.56. The Hall–Kier alpha value is -1.25. The molecule has 3 rings (SSSR count). The van der Waals surface area contributed by atoms with Crippen molar-refractivity contribution >= 4 is 0 Å². The van der Waals surface area contributed by atoms with E-state index >= 15 is 0 Å². The van der Waals surface area contributed by atoms with Gasteiger partial charge in [-0.2, -0.15) is 13.2 Å². The van der Waals surface area contributed by atoms with Crippen LogP contribution in [0.25, 0.3) is 0 Å². The number of hydrogen-bond acceptors (Lipinski definition) is 3. The van der Waals surface area contributed by atoms with Crippen LogP contribution in [0.5, 0.6) is 0 Å². The van der Waals surface area contributed by atoms with Crippen LogP contribution in [-0.2, 0) is 4.74 Å². The minimum Gasteiger partial charge on any atom is -0.396 e. The van der Waals surface area contributed by atoms with Crippen LogP contribution in [0.15, 0.2) is 18.2 Å². The van der Waals surface area contributed by atoms with E-state index in [1.54, 1.807) is 0 Å². The molecule has 2 aliphatic heterocycles. The average Bonchev–Trinajstić information content (AvgIpc) is 2.85. The second-order valence-electron chi connectivity index (χ2n) is 6.79. The summed E-state index contributed by atoms with van der Waals surface area (Å²) in [5.41, 5.74) is -1.24. The third kappa shape index (κ3) is 3.52. The number of nitrogens with one attached hydrogen (secondary N) is 1. The van der Waals surface area contributed by atoms with E-state index in [9.17, 15) is 27.1 Å². The fourth-order valence-corrected chi connectivity index (χ4v) is 4.03. The second-order valence-corrected chi connectivity index (χ2v) is 6.79. The molecule has 2 saturated heterocycles. The van der Waals surface area contributed by atoms with Gasteiger partial charge in [0.25, 0.3) is 0 Å². The zero-order chi connectivity index (χ0) is 18.2. The third-order valence-corrected chi connectivity index (χ3v) is 5.27. The van der Waals surface area contributed by atoms with Crippen molar-refractivity contribution in [2.45, 2.75) is 43.1 Å². The van der Waals surface area contributed by atoms with Gasteiger partial charge in [-0.25, -0.2) is 8.78 Å². The van der Waals surface area contributed by atoms with Gasteiger partial charge in [0.15, 0.2) is 0 Å². The van der Waals surface area contributed by atoms with Gasteiger partial charge in [0.2, 0.25) is 0 Å². The number of ether oxygens (including phenoxy) is 1. The van der Waals surface area contributed by atoms with Crippen LogP contribution in [0.3, 0.4) is 0 Å². The monoisotopic (exact) mass is 365 g/mol. The van der Waals surface area contributed by atoms with Crippen molar-refractivity contribution in [2.24, 2.45) is 5.92 Å². The van der Waals surface area contributed by atoms with Crippen molar-refractivity contribution < 1.29 is 31.8 Å². The van der Waals surface area contributed by atoms with Crippen molar-refractivity contribution in [1.82, 2.24) is 5.32 Å². The number of benzene rings is 1. The number of piperidine rings is 1. The topological polar surface area (TPSA) is 41.5 Å². The van der Waals surface area contributed by atoms with Crippen LogP contribution in [0.1, 0.15) is 30.7 Å². The largest absolute Gasteiger partial charge is 0.396 e. The number of aliphatic hydroxyl groups excluding tert-OH is 1. The Morgan fingerprint density at radius 3 is 2.32 bits per heavy atom. The van der Waals surface area contributed by atoms with Crippen molar-refractivity contribution in [3.8, 4) is 0 Å². The fraction of sp³-hybridized carbons (Fsp3) is 0.647. The Labute approximate surface area is 142 Å². The molecule has 0 amide bonds. The van der Waals surface area contributed by atoms with Gasteiger partial charge in [-0.05, 0) is 44.5 Å². The van der Waals surface area contributed by atoms with Crippen LogP contribution in [0.2, 0.25) is 0 Å². The molecule has 25 heavy (non-hydrogen) atoms. The minimum absolute atomic E-state index is 0.101. The molecule has 0 aromatic heterocycles. The van der Waals surface area contributed by atoms with Crippen molar-refractivity contribution in [1.29, 1.82) is 0 Å². The molecule has 3 nitrogen and oxygen atoms in total. The molecule has 1 spiro atoms. The molecule has 0 bridgehead atoms. The van der Waals surface area contributed by atoms with Gasteiger partial charge in [-0.15, -0.1) is 0 Å². The van der Waals surface area contributed by atoms with Crippen molar-refractivity contribution in [3.63, 3.8) is 0 Å². The lowest BCUT2D eigenvalue weighted by Crippen LogP contribution is -2.44. The maximum absolute atomic E-state index is 14.2. The summed E-state index contributed by atoms with van der Waals surface area (Å²) >= 11 is 0. The molecule has 0 radical (unpaired) electrons. The second kappa shape index (κ2) is 6.81. The first kappa shape index (κ1) is 18.5. The zero-order valence-corrected chi connectivity index (χ0v) is 13.5. The number of hydrogen-bond donors (Lipinski definition) is 2. The first-order valence-electron chi connectivity index (χ1n) is 8.27. The molecular formula is C17H20F5NO2. The summed E-state index contributed by atoms with van der Waals surface area (Å²) < 4.78 is 74.4. The lowest BCUT2D eigenvalue weighted by Gasteiger charge is -2.35. The summed E-state index contributed by atoms with van der Waals surface area (Å²) in [6.45, 7) is -0.0565. The van der Waals surface area contributed by atoms with Crippen LogP contribution >= 0.6 is 0 Å². The molecule has 140 valence electrons. The molecule has 1 aromatic carbocycles. The summed E-state index contributed by atoms with van der Waals surface area (Å²) in [5.74, 6) is -5.06. The van der Waals surface area contributed by atoms with Crippen molar-refractivity contribution in [2.75, 3.05) is 19.7 Å². The SMILES string of the molecule is OCC([C@@H]1OC2(CCNCC2)CC1c1c(F)cccc1F)C(F)(F)F.